The van der Waals surface area contributed by atoms with Crippen LogP contribution in [0.5, 0.6) is 0 Å². The van der Waals surface area contributed by atoms with E-state index in [1.54, 1.807) is 0 Å². The molecule has 46 heavy (non-hydrogen) atoms. The molecule has 0 N–H and O–H groups in total. The van der Waals surface area contributed by atoms with Crippen molar-refractivity contribution in [1.82, 2.24) is 0 Å². The first-order valence-electron chi connectivity index (χ1n) is 16.9. The number of rotatable bonds is 5. The summed E-state index contributed by atoms with van der Waals surface area (Å²) in [5, 5.41) is 0. The topological polar surface area (TPSA) is 0 Å². The molecule has 0 saturated carbocycles. The second kappa shape index (κ2) is 11.6. The Hall–Kier alpha value is -1.96. The molecule has 0 nitrogen and oxygen atoms in total. The third kappa shape index (κ3) is 4.75. The van der Waals surface area contributed by atoms with Gasteiger partial charge in [0.25, 0.3) is 0 Å². The minimum atomic E-state index is -4.77. The second-order valence-corrected chi connectivity index (χ2v) is 57.4. The average Bonchev–Trinajstić information content (AvgIpc) is 3.52. The molecule has 239 valence electrons. The number of hydrogen-bond donors (Lipinski definition) is 0. The molecule has 0 amide bonds. The van der Waals surface area contributed by atoms with Crippen LogP contribution in [-0.4, -0.2) is 5.92 Å². The van der Waals surface area contributed by atoms with Crippen molar-refractivity contribution < 1.29 is 15.6 Å². The zero-order chi connectivity index (χ0) is 33.6. The summed E-state index contributed by atoms with van der Waals surface area (Å²) in [6.07, 6.45) is 4.89. The van der Waals surface area contributed by atoms with E-state index in [9.17, 15) is 0 Å². The Morgan fingerprint density at radius 2 is 0.826 bits per heavy atom. The summed E-state index contributed by atoms with van der Waals surface area (Å²) in [7, 11) is 17.1. The average molecular weight is 744 g/mol. The van der Waals surface area contributed by atoms with Crippen molar-refractivity contribution >= 4 is 35.1 Å². The first-order chi connectivity index (χ1) is 21.5. The third-order valence-corrected chi connectivity index (χ3v) is 64.4. The Morgan fingerprint density at radius 3 is 1.17 bits per heavy atom. The van der Waals surface area contributed by atoms with E-state index in [0.29, 0.717) is 0 Å². The maximum atomic E-state index is 8.57. The molecule has 4 heteroatoms. The summed E-state index contributed by atoms with van der Waals surface area (Å²) in [5.74, 6) is -1.61. The zero-order valence-electron chi connectivity index (χ0n) is 29.8. The Labute approximate surface area is 286 Å². The third-order valence-electron chi connectivity index (χ3n) is 12.1. The van der Waals surface area contributed by atoms with Gasteiger partial charge in [-0.05, 0) is 0 Å². The monoisotopic (exact) mass is 741 g/mol. The molecule has 0 aliphatic heterocycles. The van der Waals surface area contributed by atoms with Gasteiger partial charge in [-0.25, -0.2) is 0 Å². The second-order valence-electron chi connectivity index (χ2n) is 14.9. The molecule has 2 unspecified atom stereocenters. The van der Waals surface area contributed by atoms with Gasteiger partial charge in [-0.2, -0.15) is 0 Å². The first kappa shape index (κ1) is 33.9. The van der Waals surface area contributed by atoms with Gasteiger partial charge in [-0.15, -0.1) is 0 Å². The zero-order valence-corrected chi connectivity index (χ0v) is 34.9. The van der Waals surface area contributed by atoms with E-state index in [1.165, 1.54) is 100 Å². The molecule has 0 spiro atoms. The van der Waals surface area contributed by atoms with Crippen molar-refractivity contribution in [3.8, 4) is 22.3 Å². The summed E-state index contributed by atoms with van der Waals surface area (Å²) in [4.78, 5) is 0. The van der Waals surface area contributed by atoms with Gasteiger partial charge in [0, 0.05) is 0 Å². The predicted molar refractivity (Wildman–Crippen MR) is 205 cm³/mol. The Balaban J connectivity index is 1.59. The van der Waals surface area contributed by atoms with Gasteiger partial charge >= 0.3 is 289 Å². The first-order valence-corrected chi connectivity index (χ1v) is 33.2. The van der Waals surface area contributed by atoms with Crippen LogP contribution < -0.4 is 0 Å². The summed E-state index contributed by atoms with van der Waals surface area (Å²) < 4.78 is 0.176. The van der Waals surface area contributed by atoms with E-state index in [0.717, 1.165) is 0 Å². The Bertz CT molecular complexity index is 1890. The minimum absolute atomic E-state index is 0.0880. The standard InChI is InChI=1S/2C20H21.C2H7Si.2ClH.Zr/c2*1-12-10-17-8-6-14(3)20(19(17)11-12)18-9-7-13(2)15(4)16(18)5;1-3-2;;;/h2*6-11H,1-5H3;3H,1-2H3;2*1H;/q;;;;;+2/p-2. The van der Waals surface area contributed by atoms with Crippen molar-refractivity contribution in [3.63, 3.8) is 0 Å². The van der Waals surface area contributed by atoms with E-state index >= 15 is 0 Å². The summed E-state index contributed by atoms with van der Waals surface area (Å²) in [6, 6.07) is 18.6. The van der Waals surface area contributed by atoms with Gasteiger partial charge in [0.1, 0.15) is 0 Å². The van der Waals surface area contributed by atoms with Crippen molar-refractivity contribution in [1.29, 1.82) is 0 Å². The molecular formula is C42H49Cl2SiZr. The molecule has 0 heterocycles. The molecule has 6 rings (SSSR count). The molecule has 0 fully saturated rings. The SMILES string of the molecule is CC1=Cc2c(ccc(C)c2-c2ccc(C)c(C)c2C)[CH]1[Zr]([Cl])([Cl])([CH]1C(C)=Cc2c1ccc(C)c2-c1ccc(C)c(C)c1C)[SiH](C)C. The van der Waals surface area contributed by atoms with Crippen molar-refractivity contribution in [3.05, 3.63) is 126 Å². The van der Waals surface area contributed by atoms with Gasteiger partial charge in [-0.3, -0.25) is 0 Å². The van der Waals surface area contributed by atoms with Crippen LogP contribution in [0, 0.1) is 55.4 Å². The number of benzene rings is 4. The Morgan fingerprint density at radius 1 is 0.478 bits per heavy atom. The van der Waals surface area contributed by atoms with Crippen LogP contribution in [0.3, 0.4) is 0 Å². The summed E-state index contributed by atoms with van der Waals surface area (Å²) in [6.45, 7) is 27.4. The molecule has 2 aliphatic rings. The van der Waals surface area contributed by atoms with Gasteiger partial charge in [0.2, 0.25) is 0 Å². The van der Waals surface area contributed by atoms with E-state index in [1.807, 2.05) is 0 Å². The van der Waals surface area contributed by atoms with Crippen molar-refractivity contribution in [2.45, 2.75) is 89.6 Å². The van der Waals surface area contributed by atoms with Gasteiger partial charge in [-0.1, -0.05) is 0 Å². The van der Waals surface area contributed by atoms with Crippen LogP contribution in [0.25, 0.3) is 34.4 Å². The quantitative estimate of drug-likeness (QED) is 0.179. The number of fused-ring (bicyclic) bond motifs is 2. The van der Waals surface area contributed by atoms with E-state index in [2.05, 4.69) is 143 Å². The van der Waals surface area contributed by atoms with E-state index < -0.39 is 21.5 Å². The van der Waals surface area contributed by atoms with Gasteiger partial charge in [0.05, 0.1) is 0 Å². The van der Waals surface area contributed by atoms with Crippen LogP contribution in [0.15, 0.2) is 59.7 Å². The van der Waals surface area contributed by atoms with Crippen molar-refractivity contribution in [2.24, 2.45) is 0 Å². The molecule has 0 bridgehead atoms. The van der Waals surface area contributed by atoms with Gasteiger partial charge in [0.15, 0.2) is 0 Å². The molecule has 4 aromatic rings. The van der Waals surface area contributed by atoms with E-state index in [-0.39, 0.29) is 7.25 Å². The summed E-state index contributed by atoms with van der Waals surface area (Å²) >= 11 is -4.77. The normalized spacial score (nSPS) is 18.3. The number of hydrogen-bond acceptors (Lipinski definition) is 0. The molecule has 0 saturated heterocycles. The van der Waals surface area contributed by atoms with E-state index in [4.69, 9.17) is 17.0 Å². The molecule has 4 aromatic carbocycles. The van der Waals surface area contributed by atoms with Crippen LogP contribution in [0.2, 0.25) is 13.1 Å². The Kier molecular flexibility index (Phi) is 8.54. The number of allylic oxidation sites excluding steroid dienone is 2. The van der Waals surface area contributed by atoms with Gasteiger partial charge < -0.3 is 0 Å². The number of aryl methyl sites for hydroxylation is 4. The summed E-state index contributed by atoms with van der Waals surface area (Å²) in [5.41, 5.74) is 24.2. The van der Waals surface area contributed by atoms with Crippen LogP contribution in [0.4, 0.5) is 0 Å². The van der Waals surface area contributed by atoms with Crippen LogP contribution in [-0.2, 0) is 15.6 Å². The predicted octanol–water partition coefficient (Wildman–Crippen LogP) is 13.1. The van der Waals surface area contributed by atoms with Crippen LogP contribution in [0.1, 0.15) is 87.9 Å². The maximum absolute atomic E-state index is 8.57. The van der Waals surface area contributed by atoms with Crippen molar-refractivity contribution in [2.75, 3.05) is 0 Å². The fourth-order valence-corrected chi connectivity index (χ4v) is 41.8. The fourth-order valence-electron chi connectivity index (χ4n) is 8.88. The fraction of sp³-hybridized carbons (Fsp3) is 0.333. The molecular weight excluding hydrogens is 695 g/mol. The molecule has 0 aromatic heterocycles. The molecule has 2 atom stereocenters. The number of halogens is 2. The van der Waals surface area contributed by atoms with Crippen LogP contribution >= 0.6 is 17.0 Å². The molecule has 2 aliphatic carbocycles. The molecule has 0 radical (unpaired) electrons.